The van der Waals surface area contributed by atoms with Crippen LogP contribution in [-0.2, 0) is 0 Å². The highest BCUT2D eigenvalue weighted by molar-refractivity contribution is 6.30. The van der Waals surface area contributed by atoms with Crippen LogP contribution in [0.15, 0.2) is 48.7 Å². The molecule has 0 saturated carbocycles. The molecule has 4 rings (SSSR count). The average Bonchev–Trinajstić information content (AvgIpc) is 3.07. The minimum absolute atomic E-state index is 0.418. The van der Waals surface area contributed by atoms with Gasteiger partial charge < -0.3 is 10.0 Å². The largest absolute Gasteiger partial charge is 0.387 e. The molecule has 1 atom stereocenters. The molecule has 1 fully saturated rings. The van der Waals surface area contributed by atoms with Crippen LogP contribution >= 0.6 is 11.6 Å². The highest BCUT2D eigenvalue weighted by atomic mass is 35.5. The summed E-state index contributed by atoms with van der Waals surface area (Å²) in [5.41, 5.74) is 1.81. The summed E-state index contributed by atoms with van der Waals surface area (Å²) in [6.07, 6.45) is 3.61. The summed E-state index contributed by atoms with van der Waals surface area (Å²) in [6.45, 7) is 2.56. The van der Waals surface area contributed by atoms with Crippen molar-refractivity contribution in [2.45, 2.75) is 24.9 Å². The lowest BCUT2D eigenvalue weighted by Gasteiger charge is -2.32. The Morgan fingerprint density at radius 3 is 2.60 bits per heavy atom. The molecule has 1 aliphatic rings. The molecule has 0 radical (unpaired) electrons. The number of hydrogen-bond acceptors (Lipinski definition) is 4. The van der Waals surface area contributed by atoms with Gasteiger partial charge in [0.2, 0.25) is 0 Å². The van der Waals surface area contributed by atoms with Gasteiger partial charge in [0.1, 0.15) is 5.82 Å². The number of hydrogen-bond donors (Lipinski definition) is 1. The summed E-state index contributed by atoms with van der Waals surface area (Å²) in [5, 5.41) is 19.8. The Balaban J connectivity index is 1.37. The van der Waals surface area contributed by atoms with Gasteiger partial charge in [-0.25, -0.2) is 0 Å². The van der Waals surface area contributed by atoms with Crippen LogP contribution in [0.3, 0.4) is 0 Å². The number of piperidine rings is 1. The highest BCUT2D eigenvalue weighted by Crippen LogP contribution is 2.28. The first-order valence-corrected chi connectivity index (χ1v) is 9.04. The summed E-state index contributed by atoms with van der Waals surface area (Å²) < 4.78 is 2.09. The van der Waals surface area contributed by atoms with E-state index >= 15 is 0 Å². The lowest BCUT2D eigenvalue weighted by Crippen LogP contribution is -2.36. The van der Waals surface area contributed by atoms with Crippen molar-refractivity contribution in [2.24, 2.45) is 0 Å². The number of aliphatic hydroxyl groups excluding tert-OH is 1. The molecule has 0 amide bonds. The number of pyridine rings is 1. The number of nitrogens with zero attached hydrogens (tertiary/aromatic N) is 4. The zero-order valence-corrected chi connectivity index (χ0v) is 14.7. The Kier molecular flexibility index (Phi) is 4.70. The first-order valence-electron chi connectivity index (χ1n) is 8.66. The van der Waals surface area contributed by atoms with Crippen molar-refractivity contribution in [3.8, 4) is 0 Å². The number of likely N-dealkylation sites (tertiary alicyclic amines) is 1. The van der Waals surface area contributed by atoms with Crippen molar-refractivity contribution in [1.82, 2.24) is 19.5 Å². The number of aromatic nitrogens is 3. The molecule has 0 spiro atoms. The van der Waals surface area contributed by atoms with Gasteiger partial charge in [0.05, 0.1) is 6.10 Å². The summed E-state index contributed by atoms with van der Waals surface area (Å²) in [4.78, 5) is 2.32. The van der Waals surface area contributed by atoms with Crippen molar-refractivity contribution < 1.29 is 5.11 Å². The van der Waals surface area contributed by atoms with Crippen molar-refractivity contribution in [3.05, 3.63) is 65.1 Å². The van der Waals surface area contributed by atoms with E-state index in [0.29, 0.717) is 17.5 Å². The monoisotopic (exact) mass is 356 g/mol. The number of benzene rings is 1. The van der Waals surface area contributed by atoms with E-state index in [2.05, 4.69) is 19.5 Å². The minimum atomic E-state index is -0.484. The van der Waals surface area contributed by atoms with Gasteiger partial charge in [-0.2, -0.15) is 0 Å². The maximum Gasteiger partial charge on any atom is 0.160 e. The third-order valence-corrected chi connectivity index (χ3v) is 5.23. The van der Waals surface area contributed by atoms with E-state index in [4.69, 9.17) is 11.6 Å². The van der Waals surface area contributed by atoms with Crippen LogP contribution in [-0.4, -0.2) is 44.2 Å². The van der Waals surface area contributed by atoms with Crippen LogP contribution in [0.4, 0.5) is 0 Å². The van der Waals surface area contributed by atoms with Crippen molar-refractivity contribution in [1.29, 1.82) is 0 Å². The third-order valence-electron chi connectivity index (χ3n) is 4.98. The molecule has 5 nitrogen and oxygen atoms in total. The quantitative estimate of drug-likeness (QED) is 0.779. The Hall–Kier alpha value is -1.95. The summed E-state index contributed by atoms with van der Waals surface area (Å²) in [6, 6.07) is 13.4. The fourth-order valence-electron chi connectivity index (χ4n) is 3.55. The fraction of sp³-hybridized carbons (Fsp3) is 0.368. The predicted molar refractivity (Wildman–Crippen MR) is 97.8 cm³/mol. The minimum Gasteiger partial charge on any atom is -0.387 e. The molecule has 1 aliphatic heterocycles. The molecule has 6 heteroatoms. The van der Waals surface area contributed by atoms with E-state index in [1.165, 1.54) is 0 Å². The van der Waals surface area contributed by atoms with Gasteiger partial charge in [-0.05, 0) is 55.8 Å². The SMILES string of the molecule is O[C@@H](CN1CCC(c2nnc3ccccn23)CC1)c1ccc(Cl)cc1. The van der Waals surface area contributed by atoms with E-state index in [1.54, 1.807) is 0 Å². The van der Waals surface area contributed by atoms with Gasteiger partial charge in [-0.15, -0.1) is 10.2 Å². The predicted octanol–water partition coefficient (Wildman–Crippen LogP) is 3.30. The van der Waals surface area contributed by atoms with Gasteiger partial charge in [-0.1, -0.05) is 29.8 Å². The van der Waals surface area contributed by atoms with Crippen molar-refractivity contribution in [3.63, 3.8) is 0 Å². The lowest BCUT2D eigenvalue weighted by molar-refractivity contribution is 0.0965. The van der Waals surface area contributed by atoms with E-state index in [9.17, 15) is 5.11 Å². The molecule has 1 aromatic carbocycles. The molecule has 25 heavy (non-hydrogen) atoms. The number of fused-ring (bicyclic) bond motifs is 1. The van der Waals surface area contributed by atoms with Gasteiger partial charge in [0.15, 0.2) is 5.65 Å². The molecule has 3 aromatic rings. The standard InChI is InChI=1S/C19H21ClN4O/c20-16-6-4-14(5-7-16)17(25)13-23-11-8-15(9-12-23)19-22-21-18-3-1-2-10-24(18)19/h1-7,10,15,17,25H,8-9,11-13H2/t17-/m0/s1. The number of β-amino-alcohol motifs (C(OH)–C–C–N with tert-alkyl or cyclic N) is 1. The van der Waals surface area contributed by atoms with E-state index in [0.717, 1.165) is 43.0 Å². The molecule has 1 saturated heterocycles. The second kappa shape index (κ2) is 7.12. The van der Waals surface area contributed by atoms with Crippen LogP contribution in [0.5, 0.6) is 0 Å². The molecule has 0 bridgehead atoms. The Morgan fingerprint density at radius 1 is 1.08 bits per heavy atom. The summed E-state index contributed by atoms with van der Waals surface area (Å²) in [5.74, 6) is 1.47. The van der Waals surface area contributed by atoms with Crippen LogP contribution in [0, 0.1) is 0 Å². The highest BCUT2D eigenvalue weighted by Gasteiger charge is 2.25. The van der Waals surface area contributed by atoms with E-state index in [-0.39, 0.29) is 0 Å². The Labute approximate surface area is 151 Å². The molecule has 130 valence electrons. The second-order valence-corrected chi connectivity index (χ2v) is 7.07. The van der Waals surface area contributed by atoms with Crippen LogP contribution < -0.4 is 0 Å². The number of halogens is 1. The molecular weight excluding hydrogens is 336 g/mol. The zero-order valence-electron chi connectivity index (χ0n) is 13.9. The topological polar surface area (TPSA) is 53.7 Å². The molecule has 0 aliphatic carbocycles. The normalized spacial score (nSPS) is 17.8. The van der Waals surface area contributed by atoms with Crippen molar-refractivity contribution in [2.75, 3.05) is 19.6 Å². The molecule has 3 heterocycles. The molecule has 1 N–H and O–H groups in total. The van der Waals surface area contributed by atoms with Gasteiger partial charge in [0, 0.05) is 23.7 Å². The molecule has 2 aromatic heterocycles. The zero-order chi connectivity index (χ0) is 17.2. The Bertz CT molecular complexity index is 840. The fourth-order valence-corrected chi connectivity index (χ4v) is 3.67. The molecule has 0 unspecified atom stereocenters. The second-order valence-electron chi connectivity index (χ2n) is 6.63. The summed E-state index contributed by atoms with van der Waals surface area (Å²) in [7, 11) is 0. The smallest absolute Gasteiger partial charge is 0.160 e. The third kappa shape index (κ3) is 3.54. The first-order chi connectivity index (χ1) is 12.2. The number of aliphatic hydroxyl groups is 1. The first kappa shape index (κ1) is 16.5. The molecular formula is C19H21ClN4O. The Morgan fingerprint density at radius 2 is 1.84 bits per heavy atom. The van der Waals surface area contributed by atoms with Crippen LogP contribution in [0.25, 0.3) is 5.65 Å². The van der Waals surface area contributed by atoms with Gasteiger partial charge in [-0.3, -0.25) is 4.40 Å². The van der Waals surface area contributed by atoms with E-state index in [1.807, 2.05) is 48.7 Å². The van der Waals surface area contributed by atoms with Gasteiger partial charge >= 0.3 is 0 Å². The average molecular weight is 357 g/mol. The van der Waals surface area contributed by atoms with Crippen LogP contribution in [0.2, 0.25) is 5.02 Å². The maximum absolute atomic E-state index is 10.4. The maximum atomic E-state index is 10.4. The van der Waals surface area contributed by atoms with Crippen LogP contribution in [0.1, 0.15) is 36.3 Å². The van der Waals surface area contributed by atoms with E-state index < -0.39 is 6.10 Å². The van der Waals surface area contributed by atoms with Gasteiger partial charge in [0.25, 0.3) is 0 Å². The van der Waals surface area contributed by atoms with Crippen molar-refractivity contribution >= 4 is 17.2 Å². The lowest BCUT2D eigenvalue weighted by atomic mass is 9.95. The summed E-state index contributed by atoms with van der Waals surface area (Å²) >= 11 is 5.91. The number of rotatable bonds is 4.